The van der Waals surface area contributed by atoms with Crippen molar-refractivity contribution in [2.45, 2.75) is 19.4 Å². The number of carbonyl (C=O) groups excluding carboxylic acids is 2. The van der Waals surface area contributed by atoms with Crippen LogP contribution in [0.15, 0.2) is 48.8 Å². The van der Waals surface area contributed by atoms with Crippen molar-refractivity contribution in [3.05, 3.63) is 64.9 Å². The van der Waals surface area contributed by atoms with Crippen molar-refractivity contribution in [2.24, 2.45) is 0 Å². The molecule has 0 aliphatic carbocycles. The second-order valence-electron chi connectivity index (χ2n) is 5.38. The van der Waals surface area contributed by atoms with Crippen molar-refractivity contribution in [3.8, 4) is 0 Å². The molecule has 0 fully saturated rings. The van der Waals surface area contributed by atoms with Crippen LogP contribution in [0.3, 0.4) is 0 Å². The predicted octanol–water partition coefficient (Wildman–Crippen LogP) is 2.81. The van der Waals surface area contributed by atoms with Gasteiger partial charge in [0, 0.05) is 30.9 Å². The van der Waals surface area contributed by atoms with Gasteiger partial charge in [0.15, 0.2) is 0 Å². The Morgan fingerprint density at radius 2 is 1.92 bits per heavy atom. The third-order valence-corrected chi connectivity index (χ3v) is 3.98. The summed E-state index contributed by atoms with van der Waals surface area (Å²) in [4.78, 5) is 29.6. The number of nitrogens with zero attached hydrogens (tertiary/aromatic N) is 2. The van der Waals surface area contributed by atoms with Crippen molar-refractivity contribution in [1.29, 1.82) is 0 Å². The molecule has 0 saturated carbocycles. The number of aromatic nitrogens is 1. The molecule has 0 radical (unpaired) electrons. The number of amides is 2. The zero-order valence-corrected chi connectivity index (χ0v) is 14.5. The van der Waals surface area contributed by atoms with E-state index in [4.69, 9.17) is 11.6 Å². The lowest BCUT2D eigenvalue weighted by Crippen LogP contribution is -2.40. The SMILES string of the molecule is CCC(=O)NCC(=O)N(C)[C@@H](c1ccc(Cl)cc1)c1cccnc1. The first-order valence-electron chi connectivity index (χ1n) is 7.70. The maximum Gasteiger partial charge on any atom is 0.242 e. The van der Waals surface area contributed by atoms with Crippen molar-refractivity contribution in [2.75, 3.05) is 13.6 Å². The van der Waals surface area contributed by atoms with Gasteiger partial charge in [-0.1, -0.05) is 36.7 Å². The molecule has 1 heterocycles. The molecular formula is C18H20ClN3O2. The number of nitrogens with one attached hydrogen (secondary N) is 1. The van der Waals surface area contributed by atoms with Crippen LogP contribution in [0.5, 0.6) is 0 Å². The molecule has 0 unspecified atom stereocenters. The highest BCUT2D eigenvalue weighted by molar-refractivity contribution is 6.30. The normalized spacial score (nSPS) is 11.6. The van der Waals surface area contributed by atoms with Gasteiger partial charge in [-0.25, -0.2) is 0 Å². The fourth-order valence-electron chi connectivity index (χ4n) is 2.39. The molecule has 1 aromatic carbocycles. The third-order valence-electron chi connectivity index (χ3n) is 3.72. The minimum atomic E-state index is -0.304. The highest BCUT2D eigenvalue weighted by Gasteiger charge is 2.23. The molecule has 0 spiro atoms. The van der Waals surface area contributed by atoms with Gasteiger partial charge in [-0.15, -0.1) is 0 Å². The number of hydrogen-bond donors (Lipinski definition) is 1. The zero-order chi connectivity index (χ0) is 17.5. The number of halogens is 1. The lowest BCUT2D eigenvalue weighted by Gasteiger charge is -2.29. The second-order valence-corrected chi connectivity index (χ2v) is 5.81. The van der Waals surface area contributed by atoms with E-state index in [1.165, 1.54) is 0 Å². The van der Waals surface area contributed by atoms with Gasteiger partial charge in [0.2, 0.25) is 11.8 Å². The average molecular weight is 346 g/mol. The largest absolute Gasteiger partial charge is 0.347 e. The lowest BCUT2D eigenvalue weighted by atomic mass is 9.99. The van der Waals surface area contributed by atoms with Crippen LogP contribution in [-0.4, -0.2) is 35.3 Å². The molecule has 24 heavy (non-hydrogen) atoms. The highest BCUT2D eigenvalue weighted by Crippen LogP contribution is 2.28. The van der Waals surface area contributed by atoms with Crippen molar-refractivity contribution >= 4 is 23.4 Å². The first kappa shape index (κ1) is 17.9. The number of pyridine rings is 1. The molecule has 126 valence electrons. The average Bonchev–Trinajstić information content (AvgIpc) is 2.62. The van der Waals surface area contributed by atoms with E-state index in [0.29, 0.717) is 11.4 Å². The van der Waals surface area contributed by atoms with Gasteiger partial charge in [0.05, 0.1) is 12.6 Å². The summed E-state index contributed by atoms with van der Waals surface area (Å²) in [6, 6.07) is 10.8. The van der Waals surface area contributed by atoms with E-state index in [1.807, 2.05) is 24.3 Å². The summed E-state index contributed by atoms with van der Waals surface area (Å²) < 4.78 is 0. The first-order valence-corrected chi connectivity index (χ1v) is 8.08. The summed E-state index contributed by atoms with van der Waals surface area (Å²) in [6.45, 7) is 1.71. The van der Waals surface area contributed by atoms with Gasteiger partial charge >= 0.3 is 0 Å². The number of benzene rings is 1. The van der Waals surface area contributed by atoms with Gasteiger partial charge in [-0.2, -0.15) is 0 Å². The number of hydrogen-bond acceptors (Lipinski definition) is 3. The molecule has 0 aliphatic rings. The van der Waals surface area contributed by atoms with Crippen LogP contribution in [0.2, 0.25) is 5.02 Å². The molecule has 1 aromatic heterocycles. The van der Waals surface area contributed by atoms with Crippen LogP contribution in [0.1, 0.15) is 30.5 Å². The molecule has 0 aliphatic heterocycles. The smallest absolute Gasteiger partial charge is 0.242 e. The van der Waals surface area contributed by atoms with Crippen LogP contribution in [0.4, 0.5) is 0 Å². The summed E-state index contributed by atoms with van der Waals surface area (Å²) in [6.07, 6.45) is 3.76. The van der Waals surface area contributed by atoms with Crippen LogP contribution in [-0.2, 0) is 9.59 Å². The molecule has 1 atom stereocenters. The Balaban J connectivity index is 2.27. The molecule has 2 rings (SSSR count). The summed E-state index contributed by atoms with van der Waals surface area (Å²) in [5, 5.41) is 3.25. The fraction of sp³-hybridized carbons (Fsp3) is 0.278. The Hall–Kier alpha value is -2.40. The quantitative estimate of drug-likeness (QED) is 0.875. The molecule has 0 bridgehead atoms. The third kappa shape index (κ3) is 4.55. The van der Waals surface area contributed by atoms with Crippen LogP contribution < -0.4 is 5.32 Å². The van der Waals surface area contributed by atoms with E-state index in [-0.39, 0.29) is 24.4 Å². The van der Waals surface area contributed by atoms with Gasteiger partial charge < -0.3 is 10.2 Å². The molecular weight excluding hydrogens is 326 g/mol. The van der Waals surface area contributed by atoms with E-state index in [2.05, 4.69) is 10.3 Å². The molecule has 2 aromatic rings. The summed E-state index contributed by atoms with van der Waals surface area (Å²) >= 11 is 5.96. The summed E-state index contributed by atoms with van der Waals surface area (Å²) in [7, 11) is 1.71. The minimum Gasteiger partial charge on any atom is -0.347 e. The van der Waals surface area contributed by atoms with E-state index >= 15 is 0 Å². The van der Waals surface area contributed by atoms with Crippen molar-refractivity contribution in [3.63, 3.8) is 0 Å². The molecule has 0 saturated heterocycles. The summed E-state index contributed by atoms with van der Waals surface area (Å²) in [5.74, 6) is -0.332. The Bertz CT molecular complexity index is 689. The number of carbonyl (C=O) groups is 2. The monoisotopic (exact) mass is 345 g/mol. The van der Waals surface area contributed by atoms with Crippen LogP contribution in [0.25, 0.3) is 0 Å². The van der Waals surface area contributed by atoms with Crippen LogP contribution >= 0.6 is 11.6 Å². The lowest BCUT2D eigenvalue weighted by molar-refractivity contribution is -0.133. The maximum atomic E-state index is 12.5. The van der Waals surface area contributed by atoms with E-state index < -0.39 is 0 Å². The Morgan fingerprint density at radius 1 is 1.21 bits per heavy atom. The van der Waals surface area contributed by atoms with Crippen molar-refractivity contribution in [1.82, 2.24) is 15.2 Å². The first-order chi connectivity index (χ1) is 11.5. The van der Waals surface area contributed by atoms with Gasteiger partial charge in [-0.05, 0) is 29.3 Å². The highest BCUT2D eigenvalue weighted by atomic mass is 35.5. The Labute approximate surface area is 146 Å². The molecule has 6 heteroatoms. The van der Waals surface area contributed by atoms with Gasteiger partial charge in [0.1, 0.15) is 0 Å². The molecule has 2 amide bonds. The predicted molar refractivity (Wildman–Crippen MR) is 93.6 cm³/mol. The number of likely N-dealkylation sites (N-methyl/N-ethyl adjacent to an activating group) is 1. The van der Waals surface area contributed by atoms with Crippen molar-refractivity contribution < 1.29 is 9.59 Å². The van der Waals surface area contributed by atoms with E-state index in [1.54, 1.807) is 43.4 Å². The zero-order valence-electron chi connectivity index (χ0n) is 13.7. The minimum absolute atomic E-state index is 0.0342. The summed E-state index contributed by atoms with van der Waals surface area (Å²) in [5.41, 5.74) is 1.81. The topological polar surface area (TPSA) is 62.3 Å². The van der Waals surface area contributed by atoms with Gasteiger partial charge in [0.25, 0.3) is 0 Å². The standard InChI is InChI=1S/C18H20ClN3O2/c1-3-16(23)21-12-17(24)22(2)18(14-5-4-10-20-11-14)13-6-8-15(19)9-7-13/h4-11,18H,3,12H2,1-2H3,(H,21,23)/t18-/m0/s1. The van der Waals surface area contributed by atoms with Gasteiger partial charge in [-0.3, -0.25) is 14.6 Å². The van der Waals surface area contributed by atoms with E-state index in [9.17, 15) is 9.59 Å². The Kier molecular flexibility index (Phi) is 6.32. The maximum absolute atomic E-state index is 12.5. The number of rotatable bonds is 6. The molecule has 5 nitrogen and oxygen atoms in total. The second kappa shape index (κ2) is 8.45. The molecule has 1 N–H and O–H groups in total. The van der Waals surface area contributed by atoms with E-state index in [0.717, 1.165) is 11.1 Å². The Morgan fingerprint density at radius 3 is 2.50 bits per heavy atom. The fourth-order valence-corrected chi connectivity index (χ4v) is 2.52. The van der Waals surface area contributed by atoms with Crippen LogP contribution in [0, 0.1) is 0 Å².